The number of phenolic OH excluding ortho intramolecular Hbond substituents is 1. The number of aromatic hydroxyl groups is 1. The lowest BCUT2D eigenvalue weighted by atomic mass is 10.1. The van der Waals surface area contributed by atoms with Crippen molar-refractivity contribution in [2.75, 3.05) is 18.4 Å². The average molecular weight is 192 g/mol. The van der Waals surface area contributed by atoms with Gasteiger partial charge in [0, 0.05) is 17.8 Å². The molecule has 1 saturated heterocycles. The summed E-state index contributed by atoms with van der Waals surface area (Å²) in [6.45, 7) is 2.16. The number of rotatable bonds is 2. The van der Waals surface area contributed by atoms with Crippen molar-refractivity contribution in [2.45, 2.75) is 18.9 Å². The molecule has 0 atom stereocenters. The minimum atomic E-state index is 0.323. The lowest BCUT2D eigenvalue weighted by Crippen LogP contribution is -2.35. The Bertz CT molecular complexity index is 295. The van der Waals surface area contributed by atoms with Gasteiger partial charge in [0.1, 0.15) is 5.75 Å². The zero-order valence-electron chi connectivity index (χ0n) is 8.16. The van der Waals surface area contributed by atoms with Crippen molar-refractivity contribution < 1.29 is 5.11 Å². The van der Waals surface area contributed by atoms with Gasteiger partial charge >= 0.3 is 0 Å². The third-order valence-electron chi connectivity index (χ3n) is 2.56. The zero-order chi connectivity index (χ0) is 9.80. The van der Waals surface area contributed by atoms with Crippen LogP contribution in [0.15, 0.2) is 24.3 Å². The van der Waals surface area contributed by atoms with Gasteiger partial charge in [0.05, 0.1) is 0 Å². The molecule has 1 aliphatic heterocycles. The van der Waals surface area contributed by atoms with Gasteiger partial charge in [0.25, 0.3) is 0 Å². The van der Waals surface area contributed by atoms with Crippen LogP contribution in [-0.4, -0.2) is 24.2 Å². The fourth-order valence-electron chi connectivity index (χ4n) is 1.80. The van der Waals surface area contributed by atoms with Crippen molar-refractivity contribution in [3.8, 4) is 5.75 Å². The van der Waals surface area contributed by atoms with E-state index in [2.05, 4.69) is 10.6 Å². The van der Waals surface area contributed by atoms with Crippen LogP contribution in [0, 0.1) is 0 Å². The number of hydrogen-bond donors (Lipinski definition) is 3. The standard InChI is InChI=1S/C11H16N2O/c14-11-3-1-2-10(8-11)13-9-4-6-12-7-5-9/h1-3,8-9,12-14H,4-7H2. The molecule has 76 valence electrons. The minimum absolute atomic E-state index is 0.323. The zero-order valence-corrected chi connectivity index (χ0v) is 8.16. The first-order valence-corrected chi connectivity index (χ1v) is 5.11. The van der Waals surface area contributed by atoms with E-state index in [0.717, 1.165) is 31.6 Å². The van der Waals surface area contributed by atoms with Crippen LogP contribution in [0.3, 0.4) is 0 Å². The molecule has 3 nitrogen and oxygen atoms in total. The van der Waals surface area contributed by atoms with Gasteiger partial charge in [-0.25, -0.2) is 0 Å². The Hall–Kier alpha value is -1.22. The van der Waals surface area contributed by atoms with Gasteiger partial charge in [-0.1, -0.05) is 6.07 Å². The second-order valence-corrected chi connectivity index (χ2v) is 3.72. The number of benzene rings is 1. The molecule has 3 heteroatoms. The van der Waals surface area contributed by atoms with E-state index in [1.807, 2.05) is 12.1 Å². The highest BCUT2D eigenvalue weighted by molar-refractivity contribution is 5.48. The average Bonchev–Trinajstić information content (AvgIpc) is 2.19. The summed E-state index contributed by atoms with van der Waals surface area (Å²) in [5, 5.41) is 16.0. The molecule has 0 radical (unpaired) electrons. The van der Waals surface area contributed by atoms with Gasteiger partial charge < -0.3 is 15.7 Å². The van der Waals surface area contributed by atoms with Crippen molar-refractivity contribution in [3.05, 3.63) is 24.3 Å². The molecule has 0 spiro atoms. The summed E-state index contributed by atoms with van der Waals surface area (Å²) < 4.78 is 0. The Labute approximate surface area is 84.1 Å². The molecule has 0 bridgehead atoms. The van der Waals surface area contributed by atoms with Crippen molar-refractivity contribution in [3.63, 3.8) is 0 Å². The minimum Gasteiger partial charge on any atom is -0.508 e. The van der Waals surface area contributed by atoms with Crippen LogP contribution in [0.1, 0.15) is 12.8 Å². The van der Waals surface area contributed by atoms with Gasteiger partial charge in [-0.2, -0.15) is 0 Å². The van der Waals surface area contributed by atoms with Crippen LogP contribution >= 0.6 is 0 Å². The smallest absolute Gasteiger partial charge is 0.117 e. The maximum atomic E-state index is 9.29. The van der Waals surface area contributed by atoms with Crippen molar-refractivity contribution >= 4 is 5.69 Å². The van der Waals surface area contributed by atoms with Gasteiger partial charge in [-0.15, -0.1) is 0 Å². The fraction of sp³-hybridized carbons (Fsp3) is 0.455. The van der Waals surface area contributed by atoms with E-state index in [0.29, 0.717) is 11.8 Å². The highest BCUT2D eigenvalue weighted by Gasteiger charge is 2.12. The van der Waals surface area contributed by atoms with Crippen LogP contribution in [-0.2, 0) is 0 Å². The largest absolute Gasteiger partial charge is 0.508 e. The first-order valence-electron chi connectivity index (χ1n) is 5.11. The van der Waals surface area contributed by atoms with Crippen LogP contribution in [0.5, 0.6) is 5.75 Å². The van der Waals surface area contributed by atoms with Crippen LogP contribution in [0.2, 0.25) is 0 Å². The molecular formula is C11H16N2O. The maximum Gasteiger partial charge on any atom is 0.117 e. The van der Waals surface area contributed by atoms with E-state index in [-0.39, 0.29) is 0 Å². The summed E-state index contributed by atoms with van der Waals surface area (Å²) in [6, 6.07) is 7.84. The quantitative estimate of drug-likeness (QED) is 0.666. The van der Waals surface area contributed by atoms with Crippen LogP contribution < -0.4 is 10.6 Å². The summed E-state index contributed by atoms with van der Waals surface area (Å²) in [7, 11) is 0. The molecule has 3 N–H and O–H groups in total. The van der Waals surface area contributed by atoms with Crippen LogP contribution in [0.25, 0.3) is 0 Å². The Kier molecular flexibility index (Phi) is 2.89. The molecule has 14 heavy (non-hydrogen) atoms. The van der Waals surface area contributed by atoms with Gasteiger partial charge in [0.2, 0.25) is 0 Å². The van der Waals surface area contributed by atoms with E-state index < -0.39 is 0 Å². The normalized spacial score (nSPS) is 18.0. The fourth-order valence-corrected chi connectivity index (χ4v) is 1.80. The molecule has 1 fully saturated rings. The van der Waals surface area contributed by atoms with Crippen LogP contribution in [0.4, 0.5) is 5.69 Å². The van der Waals surface area contributed by atoms with Crippen molar-refractivity contribution in [2.24, 2.45) is 0 Å². The first-order chi connectivity index (χ1) is 6.84. The number of hydrogen-bond acceptors (Lipinski definition) is 3. The molecule has 0 amide bonds. The van der Waals surface area contributed by atoms with E-state index in [1.54, 1.807) is 12.1 Å². The number of anilines is 1. The van der Waals surface area contributed by atoms with E-state index >= 15 is 0 Å². The SMILES string of the molecule is Oc1cccc(NC2CCNCC2)c1. The second-order valence-electron chi connectivity index (χ2n) is 3.72. The van der Waals surface area contributed by atoms with Crippen molar-refractivity contribution in [1.82, 2.24) is 5.32 Å². The van der Waals surface area contributed by atoms with Crippen molar-refractivity contribution in [1.29, 1.82) is 0 Å². The second kappa shape index (κ2) is 4.33. The summed E-state index contributed by atoms with van der Waals surface area (Å²) in [5.41, 5.74) is 1.01. The Morgan fingerprint density at radius 2 is 2.07 bits per heavy atom. The Balaban J connectivity index is 1.95. The summed E-state index contributed by atoms with van der Waals surface area (Å²) in [6.07, 6.45) is 2.30. The summed E-state index contributed by atoms with van der Waals surface area (Å²) in [5.74, 6) is 0.323. The molecule has 1 aromatic carbocycles. The number of nitrogens with one attached hydrogen (secondary N) is 2. The topological polar surface area (TPSA) is 44.3 Å². The third-order valence-corrected chi connectivity index (χ3v) is 2.56. The van der Waals surface area contributed by atoms with Gasteiger partial charge in [-0.3, -0.25) is 0 Å². The van der Waals surface area contributed by atoms with E-state index in [4.69, 9.17) is 0 Å². The molecule has 1 heterocycles. The molecule has 1 aliphatic rings. The monoisotopic (exact) mass is 192 g/mol. The molecule has 0 unspecified atom stereocenters. The number of phenols is 1. The van der Waals surface area contributed by atoms with E-state index in [1.165, 1.54) is 0 Å². The lowest BCUT2D eigenvalue weighted by Gasteiger charge is -2.24. The molecule has 0 aliphatic carbocycles. The Morgan fingerprint density at radius 1 is 1.29 bits per heavy atom. The molecule has 1 aromatic rings. The van der Waals surface area contributed by atoms with Gasteiger partial charge in [0.15, 0.2) is 0 Å². The highest BCUT2D eigenvalue weighted by Crippen LogP contribution is 2.18. The number of piperidine rings is 1. The lowest BCUT2D eigenvalue weighted by molar-refractivity contribution is 0.472. The third kappa shape index (κ3) is 2.39. The predicted octanol–water partition coefficient (Wildman–Crippen LogP) is 1.56. The van der Waals surface area contributed by atoms with Gasteiger partial charge in [-0.05, 0) is 38.1 Å². The molecule has 0 aromatic heterocycles. The highest BCUT2D eigenvalue weighted by atomic mass is 16.3. The maximum absolute atomic E-state index is 9.29. The molecule has 0 saturated carbocycles. The molecule has 2 rings (SSSR count). The summed E-state index contributed by atoms with van der Waals surface area (Å²) >= 11 is 0. The predicted molar refractivity (Wildman–Crippen MR) is 57.6 cm³/mol. The molecular weight excluding hydrogens is 176 g/mol. The first kappa shape index (κ1) is 9.34. The summed E-state index contributed by atoms with van der Waals surface area (Å²) in [4.78, 5) is 0. The van der Waals surface area contributed by atoms with E-state index in [9.17, 15) is 5.11 Å². The Morgan fingerprint density at radius 3 is 2.79 bits per heavy atom.